The van der Waals surface area contributed by atoms with Crippen LogP contribution in [0.3, 0.4) is 0 Å². The Morgan fingerprint density at radius 1 is 1.35 bits per heavy atom. The lowest BCUT2D eigenvalue weighted by atomic mass is 10.2. The van der Waals surface area contributed by atoms with Gasteiger partial charge in [0, 0.05) is 20.7 Å². The second-order valence-electron chi connectivity index (χ2n) is 4.10. The van der Waals surface area contributed by atoms with Gasteiger partial charge in [-0.15, -0.1) is 0 Å². The summed E-state index contributed by atoms with van der Waals surface area (Å²) in [6.45, 7) is 4.59. The number of aliphatic hydroxyl groups excluding tert-OH is 1. The summed E-state index contributed by atoms with van der Waals surface area (Å²) in [6, 6.07) is 0. The number of hydrogen-bond donors (Lipinski definition) is 1. The van der Waals surface area contributed by atoms with Gasteiger partial charge in [0.15, 0.2) is 5.52 Å². The smallest absolute Gasteiger partial charge is 0.300 e. The second kappa shape index (κ2) is 7.76. The molecule has 0 fully saturated rings. The normalized spacial score (nSPS) is 12.1. The third-order valence-electron chi connectivity index (χ3n) is 2.92. The Kier molecular flexibility index (Phi) is 6.33. The molecule has 2 rings (SSSR count). The Morgan fingerprint density at radius 3 is 2.65 bits per heavy atom. The fourth-order valence-electron chi connectivity index (χ4n) is 1.88. The van der Waals surface area contributed by atoms with Crippen molar-refractivity contribution in [2.45, 2.75) is 32.9 Å². The van der Waals surface area contributed by atoms with E-state index in [2.05, 4.69) is 9.97 Å². The van der Waals surface area contributed by atoms with E-state index < -0.39 is 0 Å². The molecule has 0 bridgehead atoms. The highest BCUT2D eigenvalue weighted by Crippen LogP contribution is 2.09. The predicted molar refractivity (Wildman–Crippen MR) is 76.6 cm³/mol. The number of hydrogen-bond acceptors (Lipinski definition) is 5. The molecule has 0 radical (unpaired) electrons. The monoisotopic (exact) mass is 282 g/mol. The van der Waals surface area contributed by atoms with Crippen molar-refractivity contribution in [2.24, 2.45) is 7.05 Å². The molecule has 1 atom stereocenters. The highest BCUT2D eigenvalue weighted by Gasteiger charge is 2.11. The van der Waals surface area contributed by atoms with Gasteiger partial charge in [0.2, 0.25) is 0 Å². The van der Waals surface area contributed by atoms with Crippen LogP contribution < -0.4 is 5.56 Å². The van der Waals surface area contributed by atoms with Gasteiger partial charge in [0.1, 0.15) is 12.0 Å². The van der Waals surface area contributed by atoms with Gasteiger partial charge >= 0.3 is 5.56 Å². The van der Waals surface area contributed by atoms with E-state index in [1.165, 1.54) is 6.33 Å². The van der Waals surface area contributed by atoms with Crippen LogP contribution in [0.4, 0.5) is 0 Å². The van der Waals surface area contributed by atoms with Crippen LogP contribution in [0.2, 0.25) is 0 Å². The zero-order valence-electron chi connectivity index (χ0n) is 12.4. The maximum atomic E-state index is 11.5. The summed E-state index contributed by atoms with van der Waals surface area (Å²) < 4.78 is 8.71. The number of aliphatic hydroxyl groups is 1. The minimum Gasteiger partial charge on any atom is -0.394 e. The minimum absolute atomic E-state index is 0.0242. The quantitative estimate of drug-likeness (QED) is 0.866. The molecule has 20 heavy (non-hydrogen) atoms. The molecule has 0 spiro atoms. The first kappa shape index (κ1) is 16.3. The van der Waals surface area contributed by atoms with Gasteiger partial charge in [-0.05, 0) is 6.42 Å². The zero-order valence-corrected chi connectivity index (χ0v) is 12.4. The SMILES string of the molecule is CC.COC(CO)CCn1cnc2c(=O)ncn(C)c21. The highest BCUT2D eigenvalue weighted by atomic mass is 16.5. The predicted octanol–water partition coefficient (Wildman–Crippen LogP) is 0.554. The summed E-state index contributed by atoms with van der Waals surface area (Å²) in [5, 5.41) is 9.05. The Hall–Kier alpha value is -1.73. The summed E-state index contributed by atoms with van der Waals surface area (Å²) in [7, 11) is 3.37. The number of methoxy groups -OCH3 is 1. The number of nitrogens with zero attached hydrogens (tertiary/aromatic N) is 4. The van der Waals surface area contributed by atoms with Gasteiger partial charge in [-0.25, -0.2) is 4.98 Å². The number of fused-ring (bicyclic) bond motifs is 1. The number of aryl methyl sites for hydroxylation is 2. The van der Waals surface area contributed by atoms with Crippen LogP contribution in [0.1, 0.15) is 20.3 Å². The molecule has 0 aromatic carbocycles. The van der Waals surface area contributed by atoms with E-state index in [-0.39, 0.29) is 18.3 Å². The largest absolute Gasteiger partial charge is 0.394 e. The van der Waals surface area contributed by atoms with E-state index in [4.69, 9.17) is 9.84 Å². The van der Waals surface area contributed by atoms with Gasteiger partial charge in [-0.3, -0.25) is 4.79 Å². The summed E-state index contributed by atoms with van der Waals surface area (Å²) in [5.74, 6) is 0. The van der Waals surface area contributed by atoms with Crippen molar-refractivity contribution in [3.63, 3.8) is 0 Å². The van der Waals surface area contributed by atoms with Crippen molar-refractivity contribution in [3.8, 4) is 0 Å². The molecular weight excluding hydrogens is 260 g/mol. The molecular formula is C13H22N4O3. The molecule has 2 heterocycles. The number of aromatic nitrogens is 4. The molecule has 0 saturated carbocycles. The third-order valence-corrected chi connectivity index (χ3v) is 2.92. The van der Waals surface area contributed by atoms with Crippen LogP contribution in [0.15, 0.2) is 17.4 Å². The Morgan fingerprint density at radius 2 is 2.05 bits per heavy atom. The topological polar surface area (TPSA) is 82.2 Å². The average molecular weight is 282 g/mol. The van der Waals surface area contributed by atoms with E-state index in [0.717, 1.165) is 5.65 Å². The second-order valence-corrected chi connectivity index (χ2v) is 4.10. The molecule has 0 aliphatic carbocycles. The van der Waals surface area contributed by atoms with Crippen LogP contribution in [0.25, 0.3) is 11.2 Å². The number of rotatable bonds is 5. The van der Waals surface area contributed by atoms with Crippen LogP contribution in [0.5, 0.6) is 0 Å². The van der Waals surface area contributed by atoms with Crippen molar-refractivity contribution >= 4 is 11.2 Å². The lowest BCUT2D eigenvalue weighted by molar-refractivity contribution is 0.0405. The fourth-order valence-corrected chi connectivity index (χ4v) is 1.88. The average Bonchev–Trinajstić information content (AvgIpc) is 2.91. The molecule has 7 nitrogen and oxygen atoms in total. The molecule has 1 N–H and O–H groups in total. The summed E-state index contributed by atoms with van der Waals surface area (Å²) in [6.07, 6.45) is 3.52. The molecule has 0 amide bonds. The minimum atomic E-state index is -0.327. The van der Waals surface area contributed by atoms with Crippen LogP contribution >= 0.6 is 0 Å². The Labute approximate surface area is 117 Å². The van der Waals surface area contributed by atoms with Gasteiger partial charge in [-0.1, -0.05) is 13.8 Å². The van der Waals surface area contributed by atoms with Crippen LogP contribution in [-0.2, 0) is 18.3 Å². The summed E-state index contributed by atoms with van der Waals surface area (Å²) >= 11 is 0. The first-order valence-electron chi connectivity index (χ1n) is 6.67. The van der Waals surface area contributed by atoms with E-state index >= 15 is 0 Å². The van der Waals surface area contributed by atoms with E-state index in [0.29, 0.717) is 18.5 Å². The van der Waals surface area contributed by atoms with Gasteiger partial charge in [-0.2, -0.15) is 4.98 Å². The standard InChI is InChI=1S/C11H16N4O3.C2H6/c1-14-6-13-10(17)9-11(14)15(7-12-9)4-3-8(5-16)18-2;1-2/h6-8,16H,3-5H2,1-2H3;1-2H3. The first-order chi connectivity index (χ1) is 9.67. The molecule has 1 unspecified atom stereocenters. The van der Waals surface area contributed by atoms with Gasteiger partial charge < -0.3 is 19.0 Å². The number of imidazole rings is 1. The highest BCUT2D eigenvalue weighted by molar-refractivity contribution is 5.69. The van der Waals surface area contributed by atoms with Crippen molar-refractivity contribution in [2.75, 3.05) is 13.7 Å². The van der Waals surface area contributed by atoms with E-state index in [1.54, 1.807) is 18.0 Å². The Bertz CT molecular complexity index is 587. The fraction of sp³-hybridized carbons (Fsp3) is 0.615. The molecule has 0 aliphatic rings. The van der Waals surface area contributed by atoms with Crippen molar-refractivity contribution in [1.82, 2.24) is 19.1 Å². The summed E-state index contributed by atoms with van der Waals surface area (Å²) in [5.41, 5.74) is 0.757. The summed E-state index contributed by atoms with van der Waals surface area (Å²) in [4.78, 5) is 19.3. The molecule has 2 aromatic heterocycles. The maximum absolute atomic E-state index is 11.5. The van der Waals surface area contributed by atoms with Crippen LogP contribution in [-0.4, -0.2) is 44.0 Å². The third kappa shape index (κ3) is 3.43. The van der Waals surface area contributed by atoms with Crippen molar-refractivity contribution in [1.29, 1.82) is 0 Å². The molecule has 0 saturated heterocycles. The zero-order chi connectivity index (χ0) is 15.1. The van der Waals surface area contributed by atoms with E-state index in [1.807, 2.05) is 25.5 Å². The van der Waals surface area contributed by atoms with Gasteiger partial charge in [0.05, 0.1) is 19.0 Å². The molecule has 2 aromatic rings. The lowest BCUT2D eigenvalue weighted by Gasteiger charge is -2.13. The van der Waals surface area contributed by atoms with Gasteiger partial charge in [0.25, 0.3) is 0 Å². The molecule has 112 valence electrons. The van der Waals surface area contributed by atoms with Crippen molar-refractivity contribution < 1.29 is 9.84 Å². The first-order valence-corrected chi connectivity index (χ1v) is 6.67. The van der Waals surface area contributed by atoms with Crippen molar-refractivity contribution in [3.05, 3.63) is 23.0 Å². The maximum Gasteiger partial charge on any atom is 0.300 e. The lowest BCUT2D eigenvalue weighted by Crippen LogP contribution is -2.19. The molecule has 0 aliphatic heterocycles. The van der Waals surface area contributed by atoms with E-state index in [9.17, 15) is 4.79 Å². The van der Waals surface area contributed by atoms with Crippen LogP contribution in [0, 0.1) is 0 Å². The Balaban J connectivity index is 0.000000956. The molecule has 7 heteroatoms. The number of ether oxygens (including phenoxy) is 1.